The fraction of sp³-hybridized carbons (Fsp3) is 0.238. The number of anilines is 1. The van der Waals surface area contributed by atoms with Crippen LogP contribution in [0.3, 0.4) is 0 Å². The zero-order chi connectivity index (χ0) is 19.4. The van der Waals surface area contributed by atoms with Gasteiger partial charge >= 0.3 is 5.63 Å². The highest BCUT2D eigenvalue weighted by Gasteiger charge is 2.09. The van der Waals surface area contributed by atoms with Gasteiger partial charge in [-0.2, -0.15) is 0 Å². The average molecular weight is 386 g/mol. The lowest BCUT2D eigenvalue weighted by molar-refractivity contribution is -0.118. The van der Waals surface area contributed by atoms with Crippen LogP contribution in [0.5, 0.6) is 5.75 Å². The standard InChI is InChI=1S/C21H20ClNO4/c1-3-4-14-10-21(25)27-19-11-16(6-7-17(14)19)26-12-20(24)23-18-8-5-15(22)9-13(18)2/h5-11H,3-4,12H2,1-2H3,(H,23,24). The maximum Gasteiger partial charge on any atom is 0.336 e. The number of rotatable bonds is 6. The normalized spacial score (nSPS) is 10.8. The Morgan fingerprint density at radius 2 is 2.00 bits per heavy atom. The van der Waals surface area contributed by atoms with E-state index in [0.29, 0.717) is 22.0 Å². The molecule has 6 heteroatoms. The molecule has 1 N–H and O–H groups in total. The Morgan fingerprint density at radius 1 is 1.19 bits per heavy atom. The van der Waals surface area contributed by atoms with Crippen molar-refractivity contribution in [2.24, 2.45) is 0 Å². The van der Waals surface area contributed by atoms with E-state index in [1.165, 1.54) is 6.07 Å². The molecule has 3 rings (SSSR count). The fourth-order valence-electron chi connectivity index (χ4n) is 2.88. The summed E-state index contributed by atoms with van der Waals surface area (Å²) in [7, 11) is 0. The highest BCUT2D eigenvalue weighted by atomic mass is 35.5. The van der Waals surface area contributed by atoms with E-state index in [-0.39, 0.29) is 18.1 Å². The predicted molar refractivity (Wildman–Crippen MR) is 107 cm³/mol. The van der Waals surface area contributed by atoms with Gasteiger partial charge in [-0.15, -0.1) is 0 Å². The second kappa shape index (κ2) is 8.27. The highest BCUT2D eigenvalue weighted by Crippen LogP contribution is 2.24. The molecule has 0 saturated heterocycles. The molecule has 1 amide bonds. The summed E-state index contributed by atoms with van der Waals surface area (Å²) in [6.45, 7) is 3.76. The van der Waals surface area contributed by atoms with Crippen LogP contribution in [-0.2, 0) is 11.2 Å². The molecule has 0 atom stereocenters. The molecule has 0 bridgehead atoms. The van der Waals surface area contributed by atoms with Gasteiger partial charge in [0.05, 0.1) is 0 Å². The van der Waals surface area contributed by atoms with E-state index in [1.807, 2.05) is 13.0 Å². The van der Waals surface area contributed by atoms with Crippen molar-refractivity contribution in [3.8, 4) is 5.75 Å². The molecule has 0 spiro atoms. The average Bonchev–Trinajstić information content (AvgIpc) is 2.62. The summed E-state index contributed by atoms with van der Waals surface area (Å²) in [5.74, 6) is 0.170. The minimum absolute atomic E-state index is 0.160. The van der Waals surface area contributed by atoms with Crippen LogP contribution in [0, 0.1) is 6.92 Å². The minimum Gasteiger partial charge on any atom is -0.484 e. The first-order valence-corrected chi connectivity index (χ1v) is 9.09. The maximum atomic E-state index is 12.1. The Morgan fingerprint density at radius 3 is 2.74 bits per heavy atom. The van der Waals surface area contributed by atoms with E-state index < -0.39 is 0 Å². The molecule has 140 valence electrons. The SMILES string of the molecule is CCCc1cc(=O)oc2cc(OCC(=O)Nc3ccc(Cl)cc3C)ccc12. The summed E-state index contributed by atoms with van der Waals surface area (Å²) in [6.07, 6.45) is 1.73. The summed E-state index contributed by atoms with van der Waals surface area (Å²) >= 11 is 5.92. The molecule has 0 aliphatic rings. The van der Waals surface area contributed by atoms with Crippen LogP contribution in [0.2, 0.25) is 5.02 Å². The van der Waals surface area contributed by atoms with Gasteiger partial charge in [0.25, 0.3) is 5.91 Å². The number of carbonyl (C=O) groups is 1. The summed E-state index contributed by atoms with van der Waals surface area (Å²) in [5.41, 5.74) is 2.57. The second-order valence-electron chi connectivity index (χ2n) is 6.29. The minimum atomic E-state index is -0.390. The van der Waals surface area contributed by atoms with Crippen molar-refractivity contribution in [3.05, 3.63) is 69.0 Å². The monoisotopic (exact) mass is 385 g/mol. The lowest BCUT2D eigenvalue weighted by Gasteiger charge is -2.10. The number of fused-ring (bicyclic) bond motifs is 1. The van der Waals surface area contributed by atoms with Crippen molar-refractivity contribution in [2.75, 3.05) is 11.9 Å². The third-order valence-electron chi connectivity index (χ3n) is 4.15. The molecule has 1 aromatic heterocycles. The molecule has 5 nitrogen and oxygen atoms in total. The number of amides is 1. The molecule has 2 aromatic carbocycles. The molecule has 0 aliphatic carbocycles. The van der Waals surface area contributed by atoms with Gasteiger partial charge < -0.3 is 14.5 Å². The van der Waals surface area contributed by atoms with Crippen LogP contribution in [0.15, 0.2) is 51.7 Å². The lowest BCUT2D eigenvalue weighted by Crippen LogP contribution is -2.20. The van der Waals surface area contributed by atoms with Crippen molar-refractivity contribution in [1.82, 2.24) is 0 Å². The quantitative estimate of drug-likeness (QED) is 0.623. The van der Waals surface area contributed by atoms with Crippen LogP contribution >= 0.6 is 11.6 Å². The number of carbonyl (C=O) groups excluding carboxylic acids is 1. The Kier molecular flexibility index (Phi) is 5.81. The smallest absolute Gasteiger partial charge is 0.336 e. The van der Waals surface area contributed by atoms with Gasteiger partial charge in [0.15, 0.2) is 6.61 Å². The van der Waals surface area contributed by atoms with E-state index in [9.17, 15) is 9.59 Å². The molecule has 1 heterocycles. The summed E-state index contributed by atoms with van der Waals surface area (Å²) < 4.78 is 10.8. The Hall–Kier alpha value is -2.79. The maximum absolute atomic E-state index is 12.1. The first-order chi connectivity index (χ1) is 13.0. The first kappa shape index (κ1) is 19.0. The zero-order valence-electron chi connectivity index (χ0n) is 15.2. The number of hydrogen-bond donors (Lipinski definition) is 1. The summed E-state index contributed by atoms with van der Waals surface area (Å²) in [5, 5.41) is 4.28. The van der Waals surface area contributed by atoms with Crippen molar-refractivity contribution in [1.29, 1.82) is 0 Å². The Balaban J connectivity index is 1.71. The molecule has 0 aliphatic heterocycles. The fourth-order valence-corrected chi connectivity index (χ4v) is 3.11. The van der Waals surface area contributed by atoms with Crippen molar-refractivity contribution in [2.45, 2.75) is 26.7 Å². The van der Waals surface area contributed by atoms with E-state index >= 15 is 0 Å². The summed E-state index contributed by atoms with van der Waals surface area (Å²) in [6, 6.07) is 12.0. The molecule has 0 unspecified atom stereocenters. The van der Waals surface area contributed by atoms with E-state index in [2.05, 4.69) is 12.2 Å². The number of ether oxygens (including phenoxy) is 1. The first-order valence-electron chi connectivity index (χ1n) is 8.72. The Bertz CT molecular complexity index is 1040. The van der Waals surface area contributed by atoms with E-state index in [4.69, 9.17) is 20.8 Å². The summed E-state index contributed by atoms with van der Waals surface area (Å²) in [4.78, 5) is 23.9. The van der Waals surface area contributed by atoms with Gasteiger partial charge in [-0.3, -0.25) is 4.79 Å². The van der Waals surface area contributed by atoms with Crippen LogP contribution < -0.4 is 15.7 Å². The lowest BCUT2D eigenvalue weighted by atomic mass is 10.1. The highest BCUT2D eigenvalue weighted by molar-refractivity contribution is 6.30. The number of benzene rings is 2. The van der Waals surface area contributed by atoms with Gasteiger partial charge in [-0.05, 0) is 54.8 Å². The van der Waals surface area contributed by atoms with Crippen molar-refractivity contribution < 1.29 is 13.9 Å². The number of hydrogen-bond acceptors (Lipinski definition) is 4. The molecule has 0 fully saturated rings. The van der Waals surface area contributed by atoms with Crippen molar-refractivity contribution in [3.63, 3.8) is 0 Å². The number of halogens is 1. The molecular weight excluding hydrogens is 366 g/mol. The van der Waals surface area contributed by atoms with Gasteiger partial charge in [0.2, 0.25) is 0 Å². The van der Waals surface area contributed by atoms with Gasteiger partial charge in [-0.25, -0.2) is 4.79 Å². The molecular formula is C21H20ClNO4. The van der Waals surface area contributed by atoms with E-state index in [1.54, 1.807) is 30.3 Å². The molecule has 0 saturated carbocycles. The predicted octanol–water partition coefficient (Wildman–Crippen LogP) is 4.72. The second-order valence-corrected chi connectivity index (χ2v) is 6.73. The molecule has 0 radical (unpaired) electrons. The van der Waals surface area contributed by atoms with E-state index in [0.717, 1.165) is 29.4 Å². The third kappa shape index (κ3) is 4.68. The number of nitrogens with one attached hydrogen (secondary N) is 1. The third-order valence-corrected chi connectivity index (χ3v) is 4.39. The van der Waals surface area contributed by atoms with Crippen LogP contribution in [0.1, 0.15) is 24.5 Å². The topological polar surface area (TPSA) is 68.5 Å². The zero-order valence-corrected chi connectivity index (χ0v) is 15.9. The number of aryl methyl sites for hydroxylation is 2. The van der Waals surface area contributed by atoms with Gasteiger partial charge in [0, 0.05) is 28.2 Å². The van der Waals surface area contributed by atoms with Gasteiger partial charge in [-0.1, -0.05) is 24.9 Å². The van der Waals surface area contributed by atoms with Gasteiger partial charge in [0.1, 0.15) is 11.3 Å². The van der Waals surface area contributed by atoms with Crippen LogP contribution in [0.25, 0.3) is 11.0 Å². The molecule has 3 aromatic rings. The van der Waals surface area contributed by atoms with Crippen LogP contribution in [-0.4, -0.2) is 12.5 Å². The molecule has 27 heavy (non-hydrogen) atoms. The largest absolute Gasteiger partial charge is 0.484 e. The van der Waals surface area contributed by atoms with Crippen molar-refractivity contribution >= 4 is 34.2 Å². The van der Waals surface area contributed by atoms with Crippen LogP contribution in [0.4, 0.5) is 5.69 Å². The Labute approximate surface area is 161 Å².